The fourth-order valence-corrected chi connectivity index (χ4v) is 3.12. The quantitative estimate of drug-likeness (QED) is 0.830. The second-order valence-corrected chi connectivity index (χ2v) is 6.10. The van der Waals surface area contributed by atoms with Gasteiger partial charge in [-0.2, -0.15) is 0 Å². The maximum absolute atomic E-state index is 11.8. The highest BCUT2D eigenvalue weighted by atomic mass is 16.5. The van der Waals surface area contributed by atoms with Gasteiger partial charge in [-0.1, -0.05) is 6.92 Å². The maximum Gasteiger partial charge on any atom is 0.252 e. The molecule has 1 aliphatic heterocycles. The summed E-state index contributed by atoms with van der Waals surface area (Å²) in [5.74, 6) is 0.558. The Kier molecular flexibility index (Phi) is 4.74. The highest BCUT2D eigenvalue weighted by Gasteiger charge is 2.30. The summed E-state index contributed by atoms with van der Waals surface area (Å²) in [6.45, 7) is 2.38. The van der Waals surface area contributed by atoms with Gasteiger partial charge in [-0.15, -0.1) is 0 Å². The van der Waals surface area contributed by atoms with Crippen LogP contribution in [0.15, 0.2) is 24.4 Å². The third-order valence-electron chi connectivity index (χ3n) is 4.51. The molecule has 3 N–H and O–H groups in total. The molecular weight excluding hydrogens is 322 g/mol. The van der Waals surface area contributed by atoms with Crippen LogP contribution in [0.3, 0.4) is 0 Å². The van der Waals surface area contributed by atoms with Crippen molar-refractivity contribution in [1.29, 1.82) is 0 Å². The molecule has 2 amide bonds. The zero-order chi connectivity index (χ0) is 18.0. The lowest BCUT2D eigenvalue weighted by atomic mass is 10.0. The van der Waals surface area contributed by atoms with E-state index in [9.17, 15) is 9.59 Å². The summed E-state index contributed by atoms with van der Waals surface area (Å²) in [4.78, 5) is 27.6. The van der Waals surface area contributed by atoms with E-state index < -0.39 is 5.91 Å². The Labute approximate surface area is 145 Å². The summed E-state index contributed by atoms with van der Waals surface area (Å²) < 4.78 is 11.2. The lowest BCUT2D eigenvalue weighted by Crippen LogP contribution is -2.31. The van der Waals surface area contributed by atoms with Crippen molar-refractivity contribution in [2.45, 2.75) is 25.8 Å². The van der Waals surface area contributed by atoms with Crippen molar-refractivity contribution in [2.75, 3.05) is 13.7 Å². The van der Waals surface area contributed by atoms with E-state index in [1.165, 1.54) is 7.11 Å². The lowest BCUT2D eigenvalue weighted by Gasteiger charge is -2.14. The molecule has 0 bridgehead atoms. The lowest BCUT2D eigenvalue weighted by molar-refractivity contribution is -0.122. The molecule has 7 heteroatoms. The van der Waals surface area contributed by atoms with Gasteiger partial charge >= 0.3 is 0 Å². The summed E-state index contributed by atoms with van der Waals surface area (Å²) in [5.41, 5.74) is 6.25. The van der Waals surface area contributed by atoms with Crippen LogP contribution in [0.1, 0.15) is 30.1 Å². The molecule has 3 rings (SSSR count). The first-order valence-electron chi connectivity index (χ1n) is 8.23. The second-order valence-electron chi connectivity index (χ2n) is 6.10. The van der Waals surface area contributed by atoms with Gasteiger partial charge in [0, 0.05) is 17.5 Å². The Morgan fingerprint density at radius 3 is 2.84 bits per heavy atom. The molecule has 1 aromatic carbocycles. The van der Waals surface area contributed by atoms with Gasteiger partial charge < -0.3 is 20.5 Å². The number of hydrogen-bond donors (Lipinski definition) is 2. The summed E-state index contributed by atoms with van der Waals surface area (Å²) >= 11 is 0. The predicted octanol–water partition coefficient (Wildman–Crippen LogP) is 1.64. The van der Waals surface area contributed by atoms with E-state index in [-0.39, 0.29) is 23.4 Å². The number of amides is 2. The standard InChI is InChI=1S/C18H21N3O4/c1-3-10-6-11(21-18(10)23)9-25-15-4-5-20-14-7-13(17(19)22)16(24-2)8-12(14)15/h4-5,7-8,10-11H,3,6,9H2,1-2H3,(H2,19,22)(H,21,23). The fourth-order valence-electron chi connectivity index (χ4n) is 3.12. The second kappa shape index (κ2) is 6.96. The molecular formula is C18H21N3O4. The minimum atomic E-state index is -0.578. The van der Waals surface area contributed by atoms with Gasteiger partial charge in [-0.3, -0.25) is 14.6 Å². The van der Waals surface area contributed by atoms with Crippen LogP contribution in [0.2, 0.25) is 0 Å². The normalized spacial score (nSPS) is 19.7. The third-order valence-corrected chi connectivity index (χ3v) is 4.51. The molecule has 2 aromatic rings. The van der Waals surface area contributed by atoms with Crippen molar-refractivity contribution in [1.82, 2.24) is 10.3 Å². The fraction of sp³-hybridized carbons (Fsp3) is 0.389. The van der Waals surface area contributed by atoms with Crippen LogP contribution in [0.5, 0.6) is 11.5 Å². The Bertz CT molecular complexity index is 821. The van der Waals surface area contributed by atoms with Gasteiger partial charge in [0.2, 0.25) is 5.91 Å². The van der Waals surface area contributed by atoms with E-state index in [1.54, 1.807) is 24.4 Å². The van der Waals surface area contributed by atoms with Crippen LogP contribution in [-0.4, -0.2) is 36.6 Å². The number of ether oxygens (including phenoxy) is 2. The minimum Gasteiger partial charge on any atom is -0.496 e. The van der Waals surface area contributed by atoms with E-state index in [1.807, 2.05) is 6.92 Å². The first-order chi connectivity index (χ1) is 12.0. The van der Waals surface area contributed by atoms with E-state index in [0.717, 1.165) is 18.2 Å². The number of pyridine rings is 1. The average molecular weight is 343 g/mol. The van der Waals surface area contributed by atoms with Crippen molar-refractivity contribution in [3.05, 3.63) is 30.0 Å². The molecule has 0 saturated carbocycles. The predicted molar refractivity (Wildman–Crippen MR) is 92.6 cm³/mol. The molecule has 132 valence electrons. The van der Waals surface area contributed by atoms with Crippen molar-refractivity contribution in [3.8, 4) is 11.5 Å². The molecule has 1 aromatic heterocycles. The van der Waals surface area contributed by atoms with Crippen molar-refractivity contribution in [2.24, 2.45) is 11.7 Å². The SMILES string of the molecule is CCC1CC(COc2ccnc3cc(C(N)=O)c(OC)cc23)NC1=O. The summed E-state index contributed by atoms with van der Waals surface area (Å²) in [6, 6.07) is 5.03. The van der Waals surface area contributed by atoms with Crippen molar-refractivity contribution in [3.63, 3.8) is 0 Å². The number of rotatable bonds is 6. The average Bonchev–Trinajstić information content (AvgIpc) is 2.98. The minimum absolute atomic E-state index is 0.00699. The number of methoxy groups -OCH3 is 1. The van der Waals surface area contributed by atoms with E-state index in [4.69, 9.17) is 15.2 Å². The molecule has 1 fully saturated rings. The zero-order valence-electron chi connectivity index (χ0n) is 14.2. The molecule has 2 atom stereocenters. The largest absolute Gasteiger partial charge is 0.496 e. The van der Waals surface area contributed by atoms with Gasteiger partial charge in [0.1, 0.15) is 18.1 Å². The van der Waals surface area contributed by atoms with Gasteiger partial charge in [-0.25, -0.2) is 0 Å². The van der Waals surface area contributed by atoms with Gasteiger partial charge in [0.05, 0.1) is 24.2 Å². The van der Waals surface area contributed by atoms with Crippen LogP contribution in [0, 0.1) is 5.92 Å². The first kappa shape index (κ1) is 17.0. The number of benzene rings is 1. The Morgan fingerprint density at radius 2 is 2.20 bits per heavy atom. The Morgan fingerprint density at radius 1 is 1.40 bits per heavy atom. The summed E-state index contributed by atoms with van der Waals surface area (Å²) in [5, 5.41) is 3.68. The molecule has 1 saturated heterocycles. The van der Waals surface area contributed by atoms with Crippen molar-refractivity contribution >= 4 is 22.7 Å². The molecule has 1 aliphatic rings. The van der Waals surface area contributed by atoms with Crippen LogP contribution >= 0.6 is 0 Å². The summed E-state index contributed by atoms with van der Waals surface area (Å²) in [7, 11) is 1.48. The number of carbonyl (C=O) groups is 2. The number of nitrogens with two attached hydrogens (primary N) is 1. The third kappa shape index (κ3) is 3.35. The topological polar surface area (TPSA) is 104 Å². The molecule has 0 aliphatic carbocycles. The van der Waals surface area contributed by atoms with E-state index >= 15 is 0 Å². The van der Waals surface area contributed by atoms with E-state index in [0.29, 0.717) is 23.6 Å². The van der Waals surface area contributed by atoms with Crippen molar-refractivity contribution < 1.29 is 19.1 Å². The number of fused-ring (bicyclic) bond motifs is 1. The van der Waals surface area contributed by atoms with Crippen LogP contribution in [0.4, 0.5) is 0 Å². The first-order valence-corrected chi connectivity index (χ1v) is 8.23. The number of nitrogens with zero attached hydrogens (tertiary/aromatic N) is 1. The maximum atomic E-state index is 11.8. The smallest absolute Gasteiger partial charge is 0.252 e. The monoisotopic (exact) mass is 343 g/mol. The molecule has 0 spiro atoms. The highest BCUT2D eigenvalue weighted by molar-refractivity contribution is 6.01. The molecule has 25 heavy (non-hydrogen) atoms. The number of nitrogens with one attached hydrogen (secondary N) is 1. The number of aromatic nitrogens is 1. The molecule has 7 nitrogen and oxygen atoms in total. The zero-order valence-corrected chi connectivity index (χ0v) is 14.2. The molecule has 2 unspecified atom stereocenters. The molecule has 0 radical (unpaired) electrons. The van der Waals surface area contributed by atoms with Crippen LogP contribution in [-0.2, 0) is 4.79 Å². The van der Waals surface area contributed by atoms with Gasteiger partial charge in [0.25, 0.3) is 5.91 Å². The highest BCUT2D eigenvalue weighted by Crippen LogP contribution is 2.31. The Balaban J connectivity index is 1.84. The number of hydrogen-bond acceptors (Lipinski definition) is 5. The van der Waals surface area contributed by atoms with Gasteiger partial charge in [0.15, 0.2) is 0 Å². The molecule has 2 heterocycles. The number of carbonyl (C=O) groups excluding carboxylic acids is 2. The number of primary amides is 1. The summed E-state index contributed by atoms with van der Waals surface area (Å²) in [6.07, 6.45) is 3.21. The van der Waals surface area contributed by atoms with Gasteiger partial charge in [-0.05, 0) is 31.0 Å². The van der Waals surface area contributed by atoms with E-state index in [2.05, 4.69) is 10.3 Å². The van der Waals surface area contributed by atoms with Crippen LogP contribution < -0.4 is 20.5 Å². The van der Waals surface area contributed by atoms with Crippen LogP contribution in [0.25, 0.3) is 10.9 Å². The Hall–Kier alpha value is -2.83.